The first-order valence-corrected chi connectivity index (χ1v) is 3.99. The van der Waals surface area contributed by atoms with Gasteiger partial charge in [-0.1, -0.05) is 0 Å². The summed E-state index contributed by atoms with van der Waals surface area (Å²) in [6.07, 6.45) is -10.4. The fourth-order valence-electron chi connectivity index (χ4n) is 1.20. The quantitative estimate of drug-likeness (QED) is 0.723. The molecule has 0 unspecified atom stereocenters. The average molecular weight is 255 g/mol. The molecule has 92 valence electrons. The predicted molar refractivity (Wildman–Crippen MR) is 42.8 cm³/mol. The van der Waals surface area contributed by atoms with Gasteiger partial charge >= 0.3 is 12.4 Å². The lowest BCUT2D eigenvalue weighted by Gasteiger charge is -2.15. The average Bonchev–Trinajstić information content (AvgIpc) is 2.12. The topological polar surface area (TPSA) is 44.0 Å². The number of aromatic hydroxyl groups is 1. The third-order valence-electron chi connectivity index (χ3n) is 1.89. The summed E-state index contributed by atoms with van der Waals surface area (Å²) in [5.41, 5.74) is -4.87. The van der Waals surface area contributed by atoms with Crippen LogP contribution < -0.4 is 0 Å². The Morgan fingerprint density at radius 3 is 1.88 bits per heavy atom. The summed E-state index contributed by atoms with van der Waals surface area (Å²) in [4.78, 5) is 0. The lowest BCUT2D eigenvalue weighted by molar-refractivity contribution is -0.145. The first-order valence-electron chi connectivity index (χ1n) is 3.99. The fourth-order valence-corrected chi connectivity index (χ4v) is 1.20. The molecule has 2 nitrogen and oxygen atoms in total. The van der Waals surface area contributed by atoms with Gasteiger partial charge in [-0.25, -0.2) is 0 Å². The molecule has 0 saturated carbocycles. The van der Waals surface area contributed by atoms with Crippen LogP contribution in [0.4, 0.5) is 26.3 Å². The Hall–Kier alpha value is -1.91. The van der Waals surface area contributed by atoms with Crippen LogP contribution in [-0.4, -0.2) is 5.11 Å². The molecule has 0 aromatic heterocycles. The van der Waals surface area contributed by atoms with Crippen molar-refractivity contribution in [1.82, 2.24) is 0 Å². The van der Waals surface area contributed by atoms with Gasteiger partial charge in [-0.2, -0.15) is 31.6 Å². The molecule has 0 atom stereocenters. The van der Waals surface area contributed by atoms with Crippen molar-refractivity contribution in [2.75, 3.05) is 0 Å². The maximum Gasteiger partial charge on any atom is 0.421 e. The van der Waals surface area contributed by atoms with Crippen molar-refractivity contribution in [3.63, 3.8) is 0 Å². The highest BCUT2D eigenvalue weighted by Crippen LogP contribution is 2.44. The molecule has 17 heavy (non-hydrogen) atoms. The van der Waals surface area contributed by atoms with Gasteiger partial charge in [-0.05, 0) is 12.1 Å². The van der Waals surface area contributed by atoms with Crippen molar-refractivity contribution in [3.8, 4) is 11.8 Å². The molecular weight excluding hydrogens is 252 g/mol. The molecule has 0 amide bonds. The molecule has 0 bridgehead atoms. The van der Waals surface area contributed by atoms with Crippen molar-refractivity contribution in [3.05, 3.63) is 28.8 Å². The van der Waals surface area contributed by atoms with E-state index in [9.17, 15) is 26.3 Å². The smallest absolute Gasteiger partial charge is 0.421 e. The number of benzene rings is 1. The third kappa shape index (κ3) is 2.43. The van der Waals surface area contributed by atoms with E-state index in [-0.39, 0.29) is 6.07 Å². The zero-order valence-corrected chi connectivity index (χ0v) is 7.82. The molecule has 0 aliphatic carbocycles. The predicted octanol–water partition coefficient (Wildman–Crippen LogP) is 3.30. The zero-order valence-electron chi connectivity index (χ0n) is 7.82. The second-order valence-electron chi connectivity index (χ2n) is 2.99. The highest BCUT2D eigenvalue weighted by molar-refractivity contribution is 5.52. The summed E-state index contributed by atoms with van der Waals surface area (Å²) >= 11 is 0. The van der Waals surface area contributed by atoms with E-state index in [0.717, 1.165) is 6.07 Å². The van der Waals surface area contributed by atoms with Crippen molar-refractivity contribution in [2.24, 2.45) is 0 Å². The van der Waals surface area contributed by atoms with Crippen LogP contribution in [0, 0.1) is 11.3 Å². The summed E-state index contributed by atoms with van der Waals surface area (Å²) in [6.45, 7) is 0. The van der Waals surface area contributed by atoms with Gasteiger partial charge in [0.1, 0.15) is 11.3 Å². The van der Waals surface area contributed by atoms with Gasteiger partial charge in [0.25, 0.3) is 0 Å². The second kappa shape index (κ2) is 3.84. The maximum absolute atomic E-state index is 12.4. The van der Waals surface area contributed by atoms with Crippen molar-refractivity contribution >= 4 is 0 Å². The molecule has 1 aromatic carbocycles. The summed E-state index contributed by atoms with van der Waals surface area (Å²) in [5.74, 6) is -1.98. The lowest BCUT2D eigenvalue weighted by atomic mass is 10.0. The molecule has 0 heterocycles. The molecule has 0 radical (unpaired) electrons. The summed E-state index contributed by atoms with van der Waals surface area (Å²) in [5, 5.41) is 17.3. The van der Waals surface area contributed by atoms with Gasteiger partial charge in [-0.3, -0.25) is 0 Å². The van der Waals surface area contributed by atoms with Crippen LogP contribution in [0.2, 0.25) is 0 Å². The third-order valence-corrected chi connectivity index (χ3v) is 1.89. The number of rotatable bonds is 0. The minimum Gasteiger partial charge on any atom is -0.507 e. The van der Waals surface area contributed by atoms with Gasteiger partial charge in [0.2, 0.25) is 0 Å². The van der Waals surface area contributed by atoms with E-state index in [0.29, 0.717) is 6.07 Å². The Labute approximate surface area is 90.7 Å². The number of phenolic OH excluding ortho intramolecular Hbond substituents is 1. The van der Waals surface area contributed by atoms with Crippen LogP contribution in [0.1, 0.15) is 16.7 Å². The van der Waals surface area contributed by atoms with Crippen LogP contribution in [0.5, 0.6) is 5.75 Å². The Balaban J connectivity index is 3.63. The number of hydrogen-bond donors (Lipinski definition) is 1. The highest BCUT2D eigenvalue weighted by atomic mass is 19.4. The first-order chi connectivity index (χ1) is 7.59. The van der Waals surface area contributed by atoms with Crippen LogP contribution >= 0.6 is 0 Å². The Morgan fingerprint density at radius 1 is 1.00 bits per heavy atom. The van der Waals surface area contributed by atoms with E-state index >= 15 is 0 Å². The summed E-state index contributed by atoms with van der Waals surface area (Å²) in [7, 11) is 0. The summed E-state index contributed by atoms with van der Waals surface area (Å²) in [6, 6.07) is 1.67. The summed E-state index contributed by atoms with van der Waals surface area (Å²) < 4.78 is 73.9. The normalized spacial score (nSPS) is 12.3. The van der Waals surface area contributed by atoms with Gasteiger partial charge < -0.3 is 5.11 Å². The van der Waals surface area contributed by atoms with Crippen LogP contribution in [0.25, 0.3) is 0 Å². The molecule has 0 aliphatic heterocycles. The van der Waals surface area contributed by atoms with E-state index in [2.05, 4.69) is 0 Å². The molecule has 0 aliphatic rings. The number of hydrogen-bond acceptors (Lipinski definition) is 2. The van der Waals surface area contributed by atoms with E-state index in [1.807, 2.05) is 0 Å². The van der Waals surface area contributed by atoms with Gasteiger partial charge in [0.05, 0.1) is 17.2 Å². The minimum absolute atomic E-state index is 0.225. The van der Waals surface area contributed by atoms with Gasteiger partial charge in [-0.15, -0.1) is 0 Å². The lowest BCUT2D eigenvalue weighted by Crippen LogP contribution is -2.13. The SMILES string of the molecule is N#Cc1ccc(C(F)(F)F)c(O)c1C(F)(F)F. The van der Waals surface area contributed by atoms with Gasteiger partial charge in [0, 0.05) is 0 Å². The van der Waals surface area contributed by atoms with Gasteiger partial charge in [0.15, 0.2) is 0 Å². The van der Waals surface area contributed by atoms with Crippen LogP contribution in [0.3, 0.4) is 0 Å². The number of halogens is 6. The van der Waals surface area contributed by atoms with Crippen molar-refractivity contribution in [1.29, 1.82) is 5.26 Å². The number of alkyl halides is 6. The van der Waals surface area contributed by atoms with E-state index in [4.69, 9.17) is 10.4 Å². The molecular formula is C9H3F6NO. The standard InChI is InChI=1S/C9H3F6NO/c10-8(11,12)5-2-1-4(3-16)6(7(5)17)9(13,14)15/h1-2,17H. The molecule has 8 heteroatoms. The van der Waals surface area contributed by atoms with E-state index in [1.165, 1.54) is 0 Å². The van der Waals surface area contributed by atoms with E-state index in [1.54, 1.807) is 0 Å². The molecule has 1 aromatic rings. The maximum atomic E-state index is 12.4. The molecule has 1 rings (SSSR count). The molecule has 0 saturated heterocycles. The van der Waals surface area contributed by atoms with Crippen molar-refractivity contribution in [2.45, 2.75) is 12.4 Å². The van der Waals surface area contributed by atoms with Crippen LogP contribution in [-0.2, 0) is 12.4 Å². The fraction of sp³-hybridized carbons (Fsp3) is 0.222. The first kappa shape index (κ1) is 13.2. The number of phenols is 1. The monoisotopic (exact) mass is 255 g/mol. The number of nitrogens with zero attached hydrogens (tertiary/aromatic N) is 1. The minimum atomic E-state index is -5.24. The largest absolute Gasteiger partial charge is 0.507 e. The Morgan fingerprint density at radius 2 is 1.53 bits per heavy atom. The number of nitriles is 1. The van der Waals surface area contributed by atoms with Crippen LogP contribution in [0.15, 0.2) is 12.1 Å². The Kier molecular flexibility index (Phi) is 2.97. The Bertz CT molecular complexity index is 482. The highest BCUT2D eigenvalue weighted by Gasteiger charge is 2.43. The molecule has 0 fully saturated rings. The molecule has 0 spiro atoms. The van der Waals surface area contributed by atoms with Crippen molar-refractivity contribution < 1.29 is 31.4 Å². The molecule has 1 N–H and O–H groups in total. The van der Waals surface area contributed by atoms with E-state index < -0.39 is 34.8 Å². The zero-order chi connectivity index (χ0) is 13.4. The second-order valence-corrected chi connectivity index (χ2v) is 2.99.